The summed E-state index contributed by atoms with van der Waals surface area (Å²) in [5.41, 5.74) is 7.34. The predicted octanol–water partition coefficient (Wildman–Crippen LogP) is -0.0332. The van der Waals surface area contributed by atoms with E-state index in [-0.39, 0.29) is 24.2 Å². The number of fused-ring (bicyclic) bond motifs is 1. The molecule has 124 valence electrons. The lowest BCUT2D eigenvalue weighted by molar-refractivity contribution is -0.128. The van der Waals surface area contributed by atoms with E-state index in [1.807, 2.05) is 24.6 Å². The van der Waals surface area contributed by atoms with Gasteiger partial charge >= 0.3 is 0 Å². The van der Waals surface area contributed by atoms with E-state index >= 15 is 0 Å². The zero-order chi connectivity index (χ0) is 15.4. The number of nitrogens with zero attached hydrogens (tertiary/aromatic N) is 2. The van der Waals surface area contributed by atoms with Crippen molar-refractivity contribution in [3.05, 3.63) is 17.5 Å². The first kappa shape index (κ1) is 18.4. The molecule has 0 aromatic carbocycles. The van der Waals surface area contributed by atoms with Crippen LogP contribution in [0.4, 0.5) is 0 Å². The van der Waals surface area contributed by atoms with Gasteiger partial charge in [0.05, 0.1) is 17.9 Å². The molecule has 1 aliphatic heterocycles. The Kier molecular flexibility index (Phi) is 6.83. The topological polar surface area (TPSA) is 102 Å². The van der Waals surface area contributed by atoms with Crippen LogP contribution in [0, 0.1) is 5.92 Å². The van der Waals surface area contributed by atoms with E-state index in [1.165, 1.54) is 0 Å². The molecule has 0 saturated carbocycles. The van der Waals surface area contributed by atoms with E-state index in [0.29, 0.717) is 12.8 Å². The van der Waals surface area contributed by atoms with Gasteiger partial charge in [-0.15, -0.1) is 12.4 Å². The quantitative estimate of drug-likeness (QED) is 0.682. The Morgan fingerprint density at radius 3 is 2.82 bits per heavy atom. The first-order chi connectivity index (χ1) is 9.97. The summed E-state index contributed by atoms with van der Waals surface area (Å²) in [7, 11) is 0. The fraction of sp³-hybridized carbons (Fsp3) is 0.643. The Balaban J connectivity index is 0.00000242. The molecule has 2 amide bonds. The molecule has 2 heterocycles. The monoisotopic (exact) mass is 329 g/mol. The molecule has 7 nitrogen and oxygen atoms in total. The Morgan fingerprint density at radius 1 is 1.50 bits per heavy atom. The second-order valence-corrected chi connectivity index (χ2v) is 5.72. The number of nitrogens with one attached hydrogen (secondary N) is 2. The van der Waals surface area contributed by atoms with Crippen molar-refractivity contribution in [1.29, 1.82) is 0 Å². The molecule has 0 saturated heterocycles. The lowest BCUT2D eigenvalue weighted by Gasteiger charge is -2.18. The number of rotatable bonds is 6. The molecule has 8 heteroatoms. The highest BCUT2D eigenvalue weighted by atomic mass is 35.5. The van der Waals surface area contributed by atoms with Gasteiger partial charge in [-0.2, -0.15) is 5.10 Å². The molecule has 4 N–H and O–H groups in total. The molecule has 1 atom stereocenters. The number of primary amides is 1. The number of aryl methyl sites for hydroxylation is 1. The van der Waals surface area contributed by atoms with Crippen molar-refractivity contribution in [1.82, 2.24) is 20.4 Å². The van der Waals surface area contributed by atoms with Crippen molar-refractivity contribution in [3.8, 4) is 0 Å². The second-order valence-electron chi connectivity index (χ2n) is 5.72. The largest absolute Gasteiger partial charge is 0.368 e. The Hall–Kier alpha value is -1.60. The van der Waals surface area contributed by atoms with Gasteiger partial charge in [-0.25, -0.2) is 0 Å². The average molecular weight is 330 g/mol. The SMILES string of the molecule is CC(C)[C@H](NC(=O)CCc1cc2n(n1)CCNC2)C(N)=O.Cl. The summed E-state index contributed by atoms with van der Waals surface area (Å²) in [6.45, 7) is 6.30. The highest BCUT2D eigenvalue weighted by molar-refractivity contribution is 5.86. The number of halogens is 1. The summed E-state index contributed by atoms with van der Waals surface area (Å²) >= 11 is 0. The van der Waals surface area contributed by atoms with Crippen LogP contribution in [0.2, 0.25) is 0 Å². The van der Waals surface area contributed by atoms with E-state index in [9.17, 15) is 9.59 Å². The third kappa shape index (κ3) is 4.71. The standard InChI is InChI=1S/C14H23N5O2.ClH/c1-9(2)13(14(15)21)17-12(20)4-3-10-7-11-8-16-5-6-19(11)18-10;/h7,9,13,16H,3-6,8H2,1-2H3,(H2,15,21)(H,17,20);1H/t13-;/m0./s1. The zero-order valence-electron chi connectivity index (χ0n) is 13.0. The normalized spacial score (nSPS) is 14.9. The van der Waals surface area contributed by atoms with Gasteiger partial charge in [0.2, 0.25) is 11.8 Å². The summed E-state index contributed by atoms with van der Waals surface area (Å²) in [5.74, 6) is -0.684. The molecule has 0 unspecified atom stereocenters. The number of hydrogen-bond acceptors (Lipinski definition) is 4. The van der Waals surface area contributed by atoms with Crippen LogP contribution in [-0.2, 0) is 29.1 Å². The fourth-order valence-corrected chi connectivity index (χ4v) is 2.43. The molecule has 1 aromatic heterocycles. The maximum atomic E-state index is 11.9. The first-order valence-corrected chi connectivity index (χ1v) is 7.32. The van der Waals surface area contributed by atoms with Gasteiger partial charge in [-0.05, 0) is 12.0 Å². The first-order valence-electron chi connectivity index (χ1n) is 7.32. The maximum Gasteiger partial charge on any atom is 0.240 e. The Bertz CT molecular complexity index is 506. The van der Waals surface area contributed by atoms with Crippen LogP contribution in [0.15, 0.2) is 6.07 Å². The third-order valence-corrected chi connectivity index (χ3v) is 3.62. The van der Waals surface area contributed by atoms with Gasteiger partial charge < -0.3 is 16.4 Å². The average Bonchev–Trinajstić information content (AvgIpc) is 2.84. The number of nitrogens with two attached hydrogens (primary N) is 1. The summed E-state index contributed by atoms with van der Waals surface area (Å²) < 4.78 is 1.98. The Labute approximate surface area is 136 Å². The lowest BCUT2D eigenvalue weighted by atomic mass is 10.0. The number of aromatic nitrogens is 2. The van der Waals surface area contributed by atoms with E-state index in [4.69, 9.17) is 5.73 Å². The highest BCUT2D eigenvalue weighted by Gasteiger charge is 2.21. The van der Waals surface area contributed by atoms with Crippen LogP contribution in [0.1, 0.15) is 31.7 Å². The van der Waals surface area contributed by atoms with E-state index in [0.717, 1.165) is 31.0 Å². The molecule has 22 heavy (non-hydrogen) atoms. The van der Waals surface area contributed by atoms with Crippen molar-refractivity contribution in [2.45, 2.75) is 45.8 Å². The minimum Gasteiger partial charge on any atom is -0.368 e. The number of amides is 2. The molecule has 1 aliphatic rings. The number of carbonyl (C=O) groups excluding carboxylic acids is 2. The zero-order valence-corrected chi connectivity index (χ0v) is 13.8. The number of carbonyl (C=O) groups is 2. The minimum atomic E-state index is -0.614. The van der Waals surface area contributed by atoms with E-state index < -0.39 is 11.9 Å². The lowest BCUT2D eigenvalue weighted by Crippen LogP contribution is -2.47. The summed E-state index contributed by atoms with van der Waals surface area (Å²) in [4.78, 5) is 23.2. The summed E-state index contributed by atoms with van der Waals surface area (Å²) in [6, 6.07) is 1.41. The molecule has 0 bridgehead atoms. The van der Waals surface area contributed by atoms with Crippen molar-refractivity contribution in [3.63, 3.8) is 0 Å². The number of hydrogen-bond donors (Lipinski definition) is 3. The van der Waals surface area contributed by atoms with Gasteiger partial charge in [-0.3, -0.25) is 14.3 Å². The molecule has 0 spiro atoms. The molecule has 2 rings (SSSR count). The van der Waals surface area contributed by atoms with Crippen molar-refractivity contribution >= 4 is 24.2 Å². The molecule has 0 aliphatic carbocycles. The van der Waals surface area contributed by atoms with Crippen LogP contribution in [0.5, 0.6) is 0 Å². The van der Waals surface area contributed by atoms with Crippen molar-refractivity contribution in [2.75, 3.05) is 6.54 Å². The van der Waals surface area contributed by atoms with Crippen LogP contribution in [0.3, 0.4) is 0 Å². The van der Waals surface area contributed by atoms with Crippen molar-refractivity contribution in [2.24, 2.45) is 11.7 Å². The molecule has 0 radical (unpaired) electrons. The molecule has 0 fully saturated rings. The van der Waals surface area contributed by atoms with Gasteiger partial charge in [0.25, 0.3) is 0 Å². The molecular formula is C14H24ClN5O2. The smallest absolute Gasteiger partial charge is 0.240 e. The highest BCUT2D eigenvalue weighted by Crippen LogP contribution is 2.10. The van der Waals surface area contributed by atoms with Crippen LogP contribution >= 0.6 is 12.4 Å². The van der Waals surface area contributed by atoms with Crippen LogP contribution in [0.25, 0.3) is 0 Å². The van der Waals surface area contributed by atoms with Crippen LogP contribution in [-0.4, -0.2) is 34.2 Å². The molecule has 1 aromatic rings. The summed E-state index contributed by atoms with van der Waals surface area (Å²) in [5, 5.41) is 10.4. The second kappa shape index (κ2) is 8.14. The van der Waals surface area contributed by atoms with Crippen LogP contribution < -0.4 is 16.4 Å². The van der Waals surface area contributed by atoms with Gasteiger partial charge in [0.15, 0.2) is 0 Å². The maximum absolute atomic E-state index is 11.9. The predicted molar refractivity (Wildman–Crippen MR) is 85.5 cm³/mol. The van der Waals surface area contributed by atoms with Gasteiger partial charge in [-0.1, -0.05) is 13.8 Å². The third-order valence-electron chi connectivity index (χ3n) is 3.62. The Morgan fingerprint density at radius 2 is 2.23 bits per heavy atom. The van der Waals surface area contributed by atoms with E-state index in [2.05, 4.69) is 15.7 Å². The summed E-state index contributed by atoms with van der Waals surface area (Å²) in [6.07, 6.45) is 0.871. The van der Waals surface area contributed by atoms with Crippen molar-refractivity contribution < 1.29 is 9.59 Å². The van der Waals surface area contributed by atoms with E-state index in [1.54, 1.807) is 0 Å². The molecular weight excluding hydrogens is 306 g/mol. The van der Waals surface area contributed by atoms with Gasteiger partial charge in [0, 0.05) is 25.9 Å². The fourth-order valence-electron chi connectivity index (χ4n) is 2.43. The van der Waals surface area contributed by atoms with Gasteiger partial charge in [0.1, 0.15) is 6.04 Å². The minimum absolute atomic E-state index is 0.